The molecule has 0 N–H and O–H groups in total. The first-order valence-corrected chi connectivity index (χ1v) is 8.95. The Morgan fingerprint density at radius 3 is 2.56 bits per heavy atom. The van der Waals surface area contributed by atoms with E-state index < -0.39 is 0 Å². The maximum absolute atomic E-state index is 12.6. The molecule has 6 nitrogen and oxygen atoms in total. The van der Waals surface area contributed by atoms with Gasteiger partial charge in [-0.05, 0) is 39.0 Å². The van der Waals surface area contributed by atoms with E-state index in [1.807, 2.05) is 47.8 Å². The van der Waals surface area contributed by atoms with Crippen LogP contribution in [0.1, 0.15) is 36.5 Å². The highest BCUT2D eigenvalue weighted by atomic mass is 16.2. The Labute approximate surface area is 149 Å². The van der Waals surface area contributed by atoms with E-state index in [4.69, 9.17) is 0 Å². The Balaban J connectivity index is 1.49. The van der Waals surface area contributed by atoms with Crippen molar-refractivity contribution in [3.8, 4) is 0 Å². The molecule has 134 valence electrons. The molecule has 6 heteroatoms. The number of aryl methyl sites for hydroxylation is 2. The van der Waals surface area contributed by atoms with Crippen LogP contribution in [0.2, 0.25) is 0 Å². The second-order valence-corrected chi connectivity index (χ2v) is 6.90. The van der Waals surface area contributed by atoms with Gasteiger partial charge in [-0.15, -0.1) is 0 Å². The second-order valence-electron chi connectivity index (χ2n) is 6.90. The van der Waals surface area contributed by atoms with Gasteiger partial charge in [0.1, 0.15) is 0 Å². The molecule has 2 aromatic rings. The van der Waals surface area contributed by atoms with Crippen molar-refractivity contribution in [1.29, 1.82) is 0 Å². The number of aromatic nitrogens is 3. The molecule has 1 aliphatic rings. The van der Waals surface area contributed by atoms with Gasteiger partial charge in [0.15, 0.2) is 0 Å². The van der Waals surface area contributed by atoms with Crippen LogP contribution in [0, 0.1) is 13.8 Å². The molecule has 0 aliphatic carbocycles. The average Bonchev–Trinajstić information content (AvgIpc) is 2.95. The number of amides is 1. The first-order valence-electron chi connectivity index (χ1n) is 8.95. The molecule has 3 heterocycles. The summed E-state index contributed by atoms with van der Waals surface area (Å²) < 4.78 is 1.96. The van der Waals surface area contributed by atoms with E-state index in [9.17, 15) is 4.79 Å². The molecule has 1 unspecified atom stereocenters. The fourth-order valence-corrected chi connectivity index (χ4v) is 3.44. The zero-order valence-electron chi connectivity index (χ0n) is 15.4. The molecule has 0 saturated carbocycles. The summed E-state index contributed by atoms with van der Waals surface area (Å²) in [5, 5.41) is 4.50. The number of carbonyl (C=O) groups is 1. The summed E-state index contributed by atoms with van der Waals surface area (Å²) in [5.41, 5.74) is 3.19. The number of piperazine rings is 1. The summed E-state index contributed by atoms with van der Waals surface area (Å²) >= 11 is 0. The van der Waals surface area contributed by atoms with E-state index in [1.165, 1.54) is 0 Å². The smallest absolute Gasteiger partial charge is 0.224 e. The van der Waals surface area contributed by atoms with Crippen molar-refractivity contribution in [3.63, 3.8) is 0 Å². The highest BCUT2D eigenvalue weighted by Gasteiger charge is 2.23. The minimum absolute atomic E-state index is 0.0905. The molecule has 1 aliphatic heterocycles. The van der Waals surface area contributed by atoms with Gasteiger partial charge in [-0.2, -0.15) is 5.10 Å². The summed E-state index contributed by atoms with van der Waals surface area (Å²) in [7, 11) is 0. The molecule has 0 radical (unpaired) electrons. The third-order valence-electron chi connectivity index (χ3n) is 4.77. The highest BCUT2D eigenvalue weighted by Crippen LogP contribution is 2.16. The Bertz CT molecular complexity index is 704. The second kappa shape index (κ2) is 7.78. The van der Waals surface area contributed by atoms with Gasteiger partial charge in [0, 0.05) is 51.0 Å². The van der Waals surface area contributed by atoms with Crippen molar-refractivity contribution in [2.45, 2.75) is 39.8 Å². The van der Waals surface area contributed by atoms with Gasteiger partial charge >= 0.3 is 0 Å². The minimum Gasteiger partial charge on any atom is -0.340 e. The molecule has 3 rings (SSSR count). The lowest BCUT2D eigenvalue weighted by Crippen LogP contribution is -2.48. The van der Waals surface area contributed by atoms with Crippen molar-refractivity contribution in [2.24, 2.45) is 0 Å². The number of pyridine rings is 1. The summed E-state index contributed by atoms with van der Waals surface area (Å²) in [6.45, 7) is 10.3. The van der Waals surface area contributed by atoms with Crippen molar-refractivity contribution >= 4 is 5.91 Å². The first kappa shape index (κ1) is 17.6. The lowest BCUT2D eigenvalue weighted by molar-refractivity contribution is -0.133. The van der Waals surface area contributed by atoms with Gasteiger partial charge in [0.05, 0.1) is 17.4 Å². The van der Waals surface area contributed by atoms with Gasteiger partial charge in [-0.1, -0.05) is 6.07 Å². The van der Waals surface area contributed by atoms with E-state index in [0.29, 0.717) is 6.42 Å². The fraction of sp³-hybridized carbons (Fsp3) is 0.526. The topological polar surface area (TPSA) is 54.3 Å². The van der Waals surface area contributed by atoms with E-state index in [-0.39, 0.29) is 11.9 Å². The van der Waals surface area contributed by atoms with Crippen molar-refractivity contribution in [1.82, 2.24) is 24.6 Å². The van der Waals surface area contributed by atoms with Crippen molar-refractivity contribution in [3.05, 3.63) is 47.5 Å². The van der Waals surface area contributed by atoms with Crippen LogP contribution < -0.4 is 0 Å². The average molecular weight is 341 g/mol. The predicted octanol–water partition coefficient (Wildman–Crippen LogP) is 2.19. The van der Waals surface area contributed by atoms with Crippen molar-refractivity contribution in [2.75, 3.05) is 26.2 Å². The molecule has 25 heavy (non-hydrogen) atoms. The molecule has 1 amide bonds. The summed E-state index contributed by atoms with van der Waals surface area (Å²) in [5.74, 6) is 0.220. The predicted molar refractivity (Wildman–Crippen MR) is 97.1 cm³/mol. The number of hydrogen-bond donors (Lipinski definition) is 0. The van der Waals surface area contributed by atoms with Crippen LogP contribution in [-0.4, -0.2) is 56.7 Å². The van der Waals surface area contributed by atoms with Gasteiger partial charge in [-0.25, -0.2) is 0 Å². The van der Waals surface area contributed by atoms with E-state index in [2.05, 4.69) is 28.0 Å². The summed E-state index contributed by atoms with van der Waals surface area (Å²) in [6, 6.07) is 8.14. The molecule has 0 bridgehead atoms. The zero-order valence-corrected chi connectivity index (χ0v) is 15.4. The normalized spacial score (nSPS) is 16.8. The minimum atomic E-state index is 0.0905. The van der Waals surface area contributed by atoms with Gasteiger partial charge in [-0.3, -0.25) is 19.4 Å². The molecule has 1 saturated heterocycles. The maximum atomic E-state index is 12.6. The lowest BCUT2D eigenvalue weighted by Gasteiger charge is -2.35. The number of hydrogen-bond acceptors (Lipinski definition) is 4. The SMILES string of the molecule is Cc1cc(C)n(C(C)CC(=O)N2CCN(Cc3ccccn3)CC2)n1. The molecule has 1 fully saturated rings. The van der Waals surface area contributed by atoms with Crippen LogP contribution in [0.25, 0.3) is 0 Å². The van der Waals surface area contributed by atoms with Gasteiger partial charge in [0.2, 0.25) is 5.91 Å². The summed E-state index contributed by atoms with van der Waals surface area (Å²) in [6.07, 6.45) is 2.33. The molecule has 0 spiro atoms. The van der Waals surface area contributed by atoms with E-state index >= 15 is 0 Å². The first-order chi connectivity index (χ1) is 12.0. The van der Waals surface area contributed by atoms with Gasteiger partial charge < -0.3 is 4.90 Å². The largest absolute Gasteiger partial charge is 0.340 e. The Morgan fingerprint density at radius 1 is 1.20 bits per heavy atom. The number of carbonyl (C=O) groups excluding carboxylic acids is 1. The molecular formula is C19H27N5O. The van der Waals surface area contributed by atoms with Crippen LogP contribution in [0.15, 0.2) is 30.5 Å². The highest BCUT2D eigenvalue weighted by molar-refractivity contribution is 5.76. The quantitative estimate of drug-likeness (QED) is 0.836. The van der Waals surface area contributed by atoms with E-state index in [1.54, 1.807) is 0 Å². The van der Waals surface area contributed by atoms with Crippen LogP contribution in [0.5, 0.6) is 0 Å². The number of rotatable bonds is 5. The van der Waals surface area contributed by atoms with E-state index in [0.717, 1.165) is 49.8 Å². The maximum Gasteiger partial charge on any atom is 0.224 e. The molecule has 2 aromatic heterocycles. The Hall–Kier alpha value is -2.21. The third-order valence-corrected chi connectivity index (χ3v) is 4.77. The molecule has 1 atom stereocenters. The van der Waals surface area contributed by atoms with Crippen LogP contribution in [0.3, 0.4) is 0 Å². The lowest BCUT2D eigenvalue weighted by atomic mass is 10.2. The Morgan fingerprint density at radius 2 is 1.96 bits per heavy atom. The number of nitrogens with zero attached hydrogens (tertiary/aromatic N) is 5. The zero-order chi connectivity index (χ0) is 17.8. The fourth-order valence-electron chi connectivity index (χ4n) is 3.44. The standard InChI is InChI=1S/C19H27N5O/c1-15-12-16(2)24(21-15)17(3)13-19(25)23-10-8-22(9-11-23)14-18-6-4-5-7-20-18/h4-7,12,17H,8-11,13-14H2,1-3H3. The Kier molecular flexibility index (Phi) is 5.48. The summed E-state index contributed by atoms with van der Waals surface area (Å²) in [4.78, 5) is 21.3. The third kappa shape index (κ3) is 4.45. The van der Waals surface area contributed by atoms with Gasteiger partial charge in [0.25, 0.3) is 0 Å². The van der Waals surface area contributed by atoms with Crippen LogP contribution in [0.4, 0.5) is 0 Å². The molecule has 0 aromatic carbocycles. The monoisotopic (exact) mass is 341 g/mol. The molecular weight excluding hydrogens is 314 g/mol. The van der Waals surface area contributed by atoms with Crippen LogP contribution >= 0.6 is 0 Å². The van der Waals surface area contributed by atoms with Crippen molar-refractivity contribution < 1.29 is 4.79 Å². The van der Waals surface area contributed by atoms with Crippen LogP contribution in [-0.2, 0) is 11.3 Å².